The van der Waals surface area contributed by atoms with Crippen molar-refractivity contribution in [3.05, 3.63) is 0 Å². The highest BCUT2D eigenvalue weighted by Crippen LogP contribution is 2.33. The molecule has 4 unspecified atom stereocenters. The van der Waals surface area contributed by atoms with Crippen LogP contribution in [0.2, 0.25) is 0 Å². The van der Waals surface area contributed by atoms with E-state index in [2.05, 4.69) is 13.8 Å². The van der Waals surface area contributed by atoms with Crippen molar-refractivity contribution in [2.24, 2.45) is 5.92 Å². The van der Waals surface area contributed by atoms with Crippen LogP contribution in [0.5, 0.6) is 0 Å². The SMILES string of the molecule is CC1CCOC(C2OC2C)C1. The first kappa shape index (κ1) is 7.56. The molecular weight excluding hydrogens is 140 g/mol. The summed E-state index contributed by atoms with van der Waals surface area (Å²) in [4.78, 5) is 0. The molecule has 0 aromatic carbocycles. The maximum atomic E-state index is 5.62. The van der Waals surface area contributed by atoms with Gasteiger partial charge in [0.1, 0.15) is 6.10 Å². The van der Waals surface area contributed by atoms with E-state index in [1.54, 1.807) is 0 Å². The molecule has 0 amide bonds. The van der Waals surface area contributed by atoms with Gasteiger partial charge in [-0.3, -0.25) is 0 Å². The Morgan fingerprint density at radius 3 is 2.55 bits per heavy atom. The van der Waals surface area contributed by atoms with Gasteiger partial charge in [0.25, 0.3) is 0 Å². The van der Waals surface area contributed by atoms with Crippen molar-refractivity contribution in [1.82, 2.24) is 0 Å². The number of hydrogen-bond acceptors (Lipinski definition) is 2. The maximum absolute atomic E-state index is 5.62. The Hall–Kier alpha value is -0.0800. The van der Waals surface area contributed by atoms with Crippen LogP contribution >= 0.6 is 0 Å². The minimum absolute atomic E-state index is 0.397. The Balaban J connectivity index is 1.84. The monoisotopic (exact) mass is 156 g/mol. The van der Waals surface area contributed by atoms with E-state index in [1.165, 1.54) is 12.8 Å². The lowest BCUT2D eigenvalue weighted by Gasteiger charge is -2.25. The Kier molecular flexibility index (Phi) is 1.90. The van der Waals surface area contributed by atoms with Crippen LogP contribution in [0, 0.1) is 5.92 Å². The fraction of sp³-hybridized carbons (Fsp3) is 1.00. The topological polar surface area (TPSA) is 21.8 Å². The maximum Gasteiger partial charge on any atom is 0.110 e. The number of rotatable bonds is 1. The molecule has 0 bridgehead atoms. The third kappa shape index (κ3) is 1.57. The van der Waals surface area contributed by atoms with Crippen LogP contribution in [-0.4, -0.2) is 24.9 Å². The van der Waals surface area contributed by atoms with Crippen LogP contribution < -0.4 is 0 Å². The third-order valence-corrected chi connectivity index (χ3v) is 2.70. The second-order valence-corrected chi connectivity index (χ2v) is 3.84. The normalized spacial score (nSPS) is 50.7. The van der Waals surface area contributed by atoms with Gasteiger partial charge in [-0.05, 0) is 25.7 Å². The molecule has 0 saturated carbocycles. The molecule has 64 valence electrons. The zero-order valence-electron chi connectivity index (χ0n) is 7.25. The average Bonchev–Trinajstić information content (AvgIpc) is 2.67. The largest absolute Gasteiger partial charge is 0.375 e. The van der Waals surface area contributed by atoms with Crippen molar-refractivity contribution in [1.29, 1.82) is 0 Å². The minimum Gasteiger partial charge on any atom is -0.375 e. The molecule has 11 heavy (non-hydrogen) atoms. The second kappa shape index (κ2) is 2.76. The molecule has 0 aliphatic carbocycles. The van der Waals surface area contributed by atoms with Gasteiger partial charge in [-0.15, -0.1) is 0 Å². The van der Waals surface area contributed by atoms with E-state index in [4.69, 9.17) is 9.47 Å². The van der Waals surface area contributed by atoms with E-state index in [1.807, 2.05) is 0 Å². The number of ether oxygens (including phenoxy) is 2. The molecule has 2 aliphatic heterocycles. The molecule has 0 N–H and O–H groups in total. The first-order valence-corrected chi connectivity index (χ1v) is 4.54. The molecule has 2 fully saturated rings. The van der Waals surface area contributed by atoms with Gasteiger partial charge in [0.15, 0.2) is 0 Å². The highest BCUT2D eigenvalue weighted by Gasteiger charge is 2.43. The van der Waals surface area contributed by atoms with Gasteiger partial charge in [-0.1, -0.05) is 6.92 Å². The van der Waals surface area contributed by atoms with E-state index in [9.17, 15) is 0 Å². The highest BCUT2D eigenvalue weighted by molar-refractivity contribution is 4.90. The van der Waals surface area contributed by atoms with Crippen molar-refractivity contribution in [2.45, 2.75) is 45.0 Å². The summed E-state index contributed by atoms with van der Waals surface area (Å²) in [5, 5.41) is 0. The molecule has 2 nitrogen and oxygen atoms in total. The third-order valence-electron chi connectivity index (χ3n) is 2.70. The summed E-state index contributed by atoms with van der Waals surface area (Å²) in [6.45, 7) is 5.34. The molecule has 0 radical (unpaired) electrons. The summed E-state index contributed by atoms with van der Waals surface area (Å²) < 4.78 is 11.0. The van der Waals surface area contributed by atoms with Crippen molar-refractivity contribution in [2.75, 3.05) is 6.61 Å². The lowest BCUT2D eigenvalue weighted by molar-refractivity contribution is -0.0198. The van der Waals surface area contributed by atoms with E-state index in [0.29, 0.717) is 18.3 Å². The quantitative estimate of drug-likeness (QED) is 0.538. The first-order chi connectivity index (χ1) is 5.27. The predicted octanol–water partition coefficient (Wildman–Crippen LogP) is 1.59. The van der Waals surface area contributed by atoms with Crippen LogP contribution in [0.25, 0.3) is 0 Å². The Bertz CT molecular complexity index is 146. The first-order valence-electron chi connectivity index (χ1n) is 4.54. The number of hydrogen-bond donors (Lipinski definition) is 0. The predicted molar refractivity (Wildman–Crippen MR) is 42.5 cm³/mol. The fourth-order valence-corrected chi connectivity index (χ4v) is 1.82. The lowest BCUT2D eigenvalue weighted by atomic mass is 9.95. The van der Waals surface area contributed by atoms with E-state index in [0.717, 1.165) is 12.5 Å². The molecule has 4 atom stereocenters. The summed E-state index contributed by atoms with van der Waals surface area (Å²) in [5.41, 5.74) is 0. The standard InChI is InChI=1S/C9H16O2/c1-6-3-4-10-8(5-6)9-7(2)11-9/h6-9H,3-5H2,1-2H3. The molecule has 2 heterocycles. The molecule has 0 aromatic heterocycles. The van der Waals surface area contributed by atoms with Crippen molar-refractivity contribution in [3.8, 4) is 0 Å². The summed E-state index contributed by atoms with van der Waals surface area (Å²) >= 11 is 0. The molecule has 2 heteroatoms. The van der Waals surface area contributed by atoms with Crippen LogP contribution in [-0.2, 0) is 9.47 Å². The van der Waals surface area contributed by atoms with Gasteiger partial charge in [-0.25, -0.2) is 0 Å². The molecule has 2 aliphatic rings. The summed E-state index contributed by atoms with van der Waals surface area (Å²) in [5.74, 6) is 0.824. The van der Waals surface area contributed by atoms with Crippen molar-refractivity contribution in [3.63, 3.8) is 0 Å². The molecule has 0 aromatic rings. The van der Waals surface area contributed by atoms with Gasteiger partial charge in [0, 0.05) is 6.61 Å². The van der Waals surface area contributed by atoms with E-state index < -0.39 is 0 Å². The van der Waals surface area contributed by atoms with E-state index >= 15 is 0 Å². The minimum atomic E-state index is 0.397. The van der Waals surface area contributed by atoms with Crippen LogP contribution in [0.3, 0.4) is 0 Å². The van der Waals surface area contributed by atoms with Crippen LogP contribution in [0.4, 0.5) is 0 Å². The fourth-order valence-electron chi connectivity index (χ4n) is 1.82. The van der Waals surface area contributed by atoms with Gasteiger partial charge in [0.05, 0.1) is 12.2 Å². The summed E-state index contributed by atoms with van der Waals surface area (Å²) in [7, 11) is 0. The van der Waals surface area contributed by atoms with Crippen molar-refractivity contribution < 1.29 is 9.47 Å². The zero-order chi connectivity index (χ0) is 7.84. The smallest absolute Gasteiger partial charge is 0.110 e. The van der Waals surface area contributed by atoms with Crippen LogP contribution in [0.15, 0.2) is 0 Å². The highest BCUT2D eigenvalue weighted by atomic mass is 16.6. The summed E-state index contributed by atoms with van der Waals surface area (Å²) in [6, 6.07) is 0. The Morgan fingerprint density at radius 2 is 2.00 bits per heavy atom. The van der Waals surface area contributed by atoms with Gasteiger partial charge >= 0.3 is 0 Å². The van der Waals surface area contributed by atoms with Gasteiger partial charge in [-0.2, -0.15) is 0 Å². The Labute approximate surface area is 67.9 Å². The van der Waals surface area contributed by atoms with E-state index in [-0.39, 0.29) is 0 Å². The van der Waals surface area contributed by atoms with Gasteiger partial charge in [0.2, 0.25) is 0 Å². The lowest BCUT2D eigenvalue weighted by Crippen LogP contribution is -2.29. The molecule has 0 spiro atoms. The van der Waals surface area contributed by atoms with Gasteiger partial charge < -0.3 is 9.47 Å². The van der Waals surface area contributed by atoms with Crippen LogP contribution in [0.1, 0.15) is 26.7 Å². The second-order valence-electron chi connectivity index (χ2n) is 3.84. The summed E-state index contributed by atoms with van der Waals surface area (Å²) in [6.07, 6.45) is 3.67. The Morgan fingerprint density at radius 1 is 1.27 bits per heavy atom. The number of epoxide rings is 1. The van der Waals surface area contributed by atoms with Crippen molar-refractivity contribution >= 4 is 0 Å². The average molecular weight is 156 g/mol. The zero-order valence-corrected chi connectivity index (χ0v) is 7.25. The molecule has 2 saturated heterocycles. The molecule has 2 rings (SSSR count). The molecular formula is C9H16O2.